The minimum atomic E-state index is 0.0222. The Morgan fingerprint density at radius 3 is 2.96 bits per heavy atom. The van der Waals surface area contributed by atoms with Crippen LogP contribution in [0.15, 0.2) is 12.4 Å². The topological polar surface area (TPSA) is 73.6 Å². The number of aryl methyl sites for hydroxylation is 1. The third-order valence-corrected chi connectivity index (χ3v) is 6.24. The fraction of sp³-hybridized carbons (Fsp3) is 0.778. The summed E-state index contributed by atoms with van der Waals surface area (Å²) in [6, 6.07) is 0.858. The second kappa shape index (κ2) is 7.05. The number of aromatic nitrogens is 2. The van der Waals surface area contributed by atoms with Gasteiger partial charge in [-0.05, 0) is 37.6 Å². The highest BCUT2D eigenvalue weighted by Gasteiger charge is 2.46. The summed E-state index contributed by atoms with van der Waals surface area (Å²) in [6.07, 6.45) is 8.47. The summed E-state index contributed by atoms with van der Waals surface area (Å²) in [4.78, 5) is 17.3. The Bertz CT molecular complexity index is 604. The highest BCUT2D eigenvalue weighted by atomic mass is 16.3. The summed E-state index contributed by atoms with van der Waals surface area (Å²) >= 11 is 0. The largest absolute Gasteiger partial charge is 0.395 e. The molecule has 0 radical (unpaired) electrons. The Labute approximate surface area is 149 Å². The molecule has 4 rings (SSSR count). The van der Waals surface area contributed by atoms with Crippen LogP contribution in [-0.2, 0) is 11.8 Å². The number of aliphatic hydroxyl groups excluding tert-OH is 1. The second-order valence-corrected chi connectivity index (χ2v) is 7.95. The van der Waals surface area contributed by atoms with Crippen LogP contribution in [-0.4, -0.2) is 75.5 Å². The Morgan fingerprint density at radius 2 is 2.20 bits per heavy atom. The molecule has 1 amide bonds. The van der Waals surface area contributed by atoms with E-state index in [1.54, 1.807) is 10.9 Å². The number of rotatable bonds is 4. The van der Waals surface area contributed by atoms with Crippen molar-refractivity contribution in [3.05, 3.63) is 12.4 Å². The van der Waals surface area contributed by atoms with E-state index < -0.39 is 0 Å². The van der Waals surface area contributed by atoms with Gasteiger partial charge in [-0.15, -0.1) is 0 Å². The van der Waals surface area contributed by atoms with Gasteiger partial charge in [-0.3, -0.25) is 19.3 Å². The number of carbonyl (C=O) groups is 1. The number of piperidine rings is 3. The third kappa shape index (κ3) is 3.45. The van der Waals surface area contributed by atoms with Crippen molar-refractivity contribution < 1.29 is 9.90 Å². The molecule has 2 N–H and O–H groups in total. The second-order valence-electron chi connectivity index (χ2n) is 7.95. The van der Waals surface area contributed by atoms with Gasteiger partial charge in [-0.2, -0.15) is 5.10 Å². The van der Waals surface area contributed by atoms with Crippen LogP contribution in [0.2, 0.25) is 0 Å². The zero-order valence-electron chi connectivity index (χ0n) is 15.0. The Kier molecular flexibility index (Phi) is 4.80. The first-order chi connectivity index (χ1) is 12.1. The van der Waals surface area contributed by atoms with Gasteiger partial charge >= 0.3 is 0 Å². The molecule has 25 heavy (non-hydrogen) atoms. The van der Waals surface area contributed by atoms with Crippen LogP contribution in [0.25, 0.3) is 0 Å². The van der Waals surface area contributed by atoms with E-state index in [4.69, 9.17) is 0 Å². The normalized spacial score (nSPS) is 33.0. The number of hydrogen-bond donors (Lipinski definition) is 2. The molecule has 7 heteroatoms. The molecule has 3 fully saturated rings. The van der Waals surface area contributed by atoms with Crippen LogP contribution in [0, 0.1) is 11.8 Å². The lowest BCUT2D eigenvalue weighted by atomic mass is 9.72. The van der Waals surface area contributed by atoms with Crippen molar-refractivity contribution in [1.82, 2.24) is 19.6 Å². The predicted octanol–water partition coefficient (Wildman–Crippen LogP) is 0.526. The first-order valence-electron chi connectivity index (χ1n) is 9.51. The minimum absolute atomic E-state index is 0.0222. The first-order valence-corrected chi connectivity index (χ1v) is 9.51. The van der Waals surface area contributed by atoms with E-state index in [1.165, 1.54) is 25.7 Å². The van der Waals surface area contributed by atoms with Crippen molar-refractivity contribution >= 4 is 11.6 Å². The lowest BCUT2D eigenvalue weighted by Crippen LogP contribution is -2.64. The summed E-state index contributed by atoms with van der Waals surface area (Å²) in [6.45, 7) is 3.70. The average molecular weight is 347 g/mol. The molecular formula is C18H29N5O2. The van der Waals surface area contributed by atoms with Gasteiger partial charge in [-0.1, -0.05) is 6.42 Å². The minimum Gasteiger partial charge on any atom is -0.395 e. The molecule has 3 aliphatic rings. The number of aliphatic hydroxyl groups is 1. The van der Waals surface area contributed by atoms with E-state index in [-0.39, 0.29) is 18.6 Å². The van der Waals surface area contributed by atoms with E-state index in [0.29, 0.717) is 24.4 Å². The number of likely N-dealkylation sites (tertiary alicyclic amines) is 1. The molecule has 3 saturated heterocycles. The summed E-state index contributed by atoms with van der Waals surface area (Å²) in [7, 11) is 1.84. The van der Waals surface area contributed by atoms with Crippen LogP contribution in [0.1, 0.15) is 25.7 Å². The molecule has 0 unspecified atom stereocenters. The fourth-order valence-electron chi connectivity index (χ4n) is 5.27. The van der Waals surface area contributed by atoms with E-state index in [9.17, 15) is 9.90 Å². The average Bonchev–Trinajstić information content (AvgIpc) is 3.00. The molecule has 4 atom stereocenters. The Morgan fingerprint density at radius 1 is 1.36 bits per heavy atom. The van der Waals surface area contributed by atoms with E-state index in [2.05, 4.69) is 20.2 Å². The smallest absolute Gasteiger partial charge is 0.238 e. The Balaban J connectivity index is 1.40. The molecule has 7 nitrogen and oxygen atoms in total. The molecule has 0 spiro atoms. The summed E-state index contributed by atoms with van der Waals surface area (Å²) in [5.74, 6) is 1.13. The maximum atomic E-state index is 12.4. The van der Waals surface area contributed by atoms with Crippen molar-refractivity contribution in [2.24, 2.45) is 18.9 Å². The van der Waals surface area contributed by atoms with Gasteiger partial charge in [0.2, 0.25) is 5.91 Å². The van der Waals surface area contributed by atoms with Gasteiger partial charge in [0, 0.05) is 38.4 Å². The van der Waals surface area contributed by atoms with Gasteiger partial charge < -0.3 is 10.4 Å². The number of carbonyl (C=O) groups excluding carboxylic acids is 1. The number of amides is 1. The number of fused-ring (bicyclic) bond motifs is 4. The number of nitrogens with zero attached hydrogens (tertiary/aromatic N) is 4. The molecule has 4 heterocycles. The maximum Gasteiger partial charge on any atom is 0.238 e. The molecule has 1 aromatic rings. The molecular weight excluding hydrogens is 318 g/mol. The summed E-state index contributed by atoms with van der Waals surface area (Å²) in [5.41, 5.74) is 0.747. The third-order valence-electron chi connectivity index (χ3n) is 6.24. The van der Waals surface area contributed by atoms with Crippen molar-refractivity contribution in [2.75, 3.05) is 38.1 Å². The van der Waals surface area contributed by atoms with E-state index >= 15 is 0 Å². The van der Waals surface area contributed by atoms with E-state index in [0.717, 1.165) is 25.3 Å². The van der Waals surface area contributed by atoms with Crippen LogP contribution in [0.3, 0.4) is 0 Å². The molecule has 0 aromatic carbocycles. The molecule has 3 aliphatic heterocycles. The fourth-order valence-corrected chi connectivity index (χ4v) is 5.27. The van der Waals surface area contributed by atoms with Gasteiger partial charge in [0.05, 0.1) is 25.0 Å². The van der Waals surface area contributed by atoms with Crippen LogP contribution in [0.5, 0.6) is 0 Å². The van der Waals surface area contributed by atoms with Crippen molar-refractivity contribution in [1.29, 1.82) is 0 Å². The van der Waals surface area contributed by atoms with Crippen LogP contribution >= 0.6 is 0 Å². The zero-order chi connectivity index (χ0) is 17.4. The quantitative estimate of drug-likeness (QED) is 0.831. The van der Waals surface area contributed by atoms with Crippen LogP contribution < -0.4 is 5.32 Å². The molecule has 1 aromatic heterocycles. The monoisotopic (exact) mass is 347 g/mol. The molecule has 2 bridgehead atoms. The highest BCUT2D eigenvalue weighted by molar-refractivity contribution is 5.91. The maximum absolute atomic E-state index is 12.4. The Hall–Kier alpha value is -1.44. The van der Waals surface area contributed by atoms with Gasteiger partial charge in [-0.25, -0.2) is 0 Å². The molecule has 0 saturated carbocycles. The first kappa shape index (κ1) is 17.0. The van der Waals surface area contributed by atoms with Crippen molar-refractivity contribution in [2.45, 2.75) is 37.8 Å². The van der Waals surface area contributed by atoms with E-state index in [1.807, 2.05) is 13.2 Å². The zero-order valence-corrected chi connectivity index (χ0v) is 15.0. The van der Waals surface area contributed by atoms with Crippen molar-refractivity contribution in [3.63, 3.8) is 0 Å². The van der Waals surface area contributed by atoms with Gasteiger partial charge in [0.15, 0.2) is 0 Å². The van der Waals surface area contributed by atoms with Crippen LogP contribution in [0.4, 0.5) is 5.69 Å². The number of hydrogen-bond acceptors (Lipinski definition) is 5. The van der Waals surface area contributed by atoms with Gasteiger partial charge in [0.1, 0.15) is 0 Å². The summed E-state index contributed by atoms with van der Waals surface area (Å²) < 4.78 is 1.68. The lowest BCUT2D eigenvalue weighted by molar-refractivity contribution is -0.121. The summed E-state index contributed by atoms with van der Waals surface area (Å²) in [5, 5.41) is 17.0. The molecule has 0 aliphatic carbocycles. The lowest BCUT2D eigenvalue weighted by Gasteiger charge is -2.56. The molecule has 138 valence electrons. The number of nitrogens with one attached hydrogen (secondary N) is 1. The predicted molar refractivity (Wildman–Crippen MR) is 95.1 cm³/mol. The van der Waals surface area contributed by atoms with Gasteiger partial charge in [0.25, 0.3) is 0 Å². The standard InChI is InChI=1S/C18H29N5O2/c1-21-10-15(7-19-21)20-18(25)11-22-8-13-6-14(9-22)17(12-24)23-5-3-2-4-16(13)23/h7,10,13-14,16-17,24H,2-6,8-9,11-12H2,1H3,(H,20,25)/t13-,14+,16+,17+/m1/s1. The SMILES string of the molecule is Cn1cc(NC(=O)CN2C[C@H]3C[C@@H](C2)[C@H](CO)N2CCCC[C@@H]32)cn1. The number of anilines is 1. The van der Waals surface area contributed by atoms with Crippen molar-refractivity contribution in [3.8, 4) is 0 Å². The highest BCUT2D eigenvalue weighted by Crippen LogP contribution is 2.40.